The van der Waals surface area contributed by atoms with Crippen LogP contribution in [0.3, 0.4) is 0 Å². The largest absolute Gasteiger partial charge is 0.366 e. The number of amides is 1. The van der Waals surface area contributed by atoms with Gasteiger partial charge in [0.05, 0.1) is 0 Å². The Labute approximate surface area is 159 Å². The first-order valence-electron chi connectivity index (χ1n) is 8.78. The molecule has 1 amide bonds. The monoisotopic (exact) mass is 361 g/mol. The lowest BCUT2D eigenvalue weighted by atomic mass is 10.1. The minimum absolute atomic E-state index is 0.110. The second-order valence-corrected chi connectivity index (χ2v) is 6.39. The van der Waals surface area contributed by atoms with Gasteiger partial charge in [0, 0.05) is 36.6 Å². The predicted molar refractivity (Wildman–Crippen MR) is 109 cm³/mol. The zero-order chi connectivity index (χ0) is 19.2. The first-order valence-corrected chi connectivity index (χ1v) is 8.78. The summed E-state index contributed by atoms with van der Waals surface area (Å²) in [7, 11) is 0. The predicted octanol–water partition coefficient (Wildman–Crippen LogP) is 4.41. The summed E-state index contributed by atoms with van der Waals surface area (Å²) in [5, 5.41) is 9.32. The molecular weight excluding hydrogens is 338 g/mol. The van der Waals surface area contributed by atoms with E-state index in [2.05, 4.69) is 45.0 Å². The third kappa shape index (κ3) is 5.28. The molecule has 1 aromatic heterocycles. The van der Waals surface area contributed by atoms with Gasteiger partial charge in [-0.1, -0.05) is 30.3 Å². The Hall–Kier alpha value is -3.41. The quantitative estimate of drug-likeness (QED) is 0.606. The van der Waals surface area contributed by atoms with E-state index >= 15 is 0 Å². The van der Waals surface area contributed by atoms with Crippen molar-refractivity contribution in [1.82, 2.24) is 9.97 Å². The van der Waals surface area contributed by atoms with Crippen molar-refractivity contribution in [3.8, 4) is 0 Å². The molecule has 0 bridgehead atoms. The number of nitrogens with zero attached hydrogens (tertiary/aromatic N) is 2. The number of hydrogen-bond acceptors (Lipinski definition) is 5. The van der Waals surface area contributed by atoms with Crippen LogP contribution in [0.15, 0.2) is 54.6 Å². The first kappa shape index (κ1) is 18.4. The molecule has 0 aliphatic rings. The van der Waals surface area contributed by atoms with Crippen LogP contribution in [0.25, 0.3) is 0 Å². The van der Waals surface area contributed by atoms with E-state index in [-0.39, 0.29) is 5.91 Å². The van der Waals surface area contributed by atoms with Gasteiger partial charge in [-0.3, -0.25) is 4.79 Å². The molecule has 0 fully saturated rings. The Morgan fingerprint density at radius 1 is 0.963 bits per heavy atom. The standard InChI is InChI=1S/C21H23N5O/c1-14-7-4-5-8-17(14)13-22-20-11-15(2)23-21(26-20)25-19-10-6-9-18(12-19)24-16(3)27/h4-12H,13H2,1-3H3,(H,24,27)(H2,22,23,25,26). The summed E-state index contributed by atoms with van der Waals surface area (Å²) < 4.78 is 0. The molecule has 0 aliphatic heterocycles. The molecule has 27 heavy (non-hydrogen) atoms. The molecule has 0 saturated heterocycles. The van der Waals surface area contributed by atoms with E-state index in [4.69, 9.17) is 0 Å². The molecule has 0 radical (unpaired) electrons. The van der Waals surface area contributed by atoms with Crippen LogP contribution in [0, 0.1) is 13.8 Å². The number of aromatic nitrogens is 2. The van der Waals surface area contributed by atoms with Crippen molar-refractivity contribution in [2.75, 3.05) is 16.0 Å². The molecule has 0 atom stereocenters. The minimum Gasteiger partial charge on any atom is -0.366 e. The highest BCUT2D eigenvalue weighted by Crippen LogP contribution is 2.20. The van der Waals surface area contributed by atoms with Crippen LogP contribution in [0.4, 0.5) is 23.1 Å². The molecule has 0 spiro atoms. The number of anilines is 4. The number of hydrogen-bond donors (Lipinski definition) is 3. The van der Waals surface area contributed by atoms with Crippen molar-refractivity contribution in [3.63, 3.8) is 0 Å². The number of benzene rings is 2. The van der Waals surface area contributed by atoms with Crippen LogP contribution in [0.1, 0.15) is 23.7 Å². The van der Waals surface area contributed by atoms with Gasteiger partial charge in [0.2, 0.25) is 11.9 Å². The van der Waals surface area contributed by atoms with E-state index in [9.17, 15) is 4.79 Å². The number of carbonyl (C=O) groups is 1. The van der Waals surface area contributed by atoms with Crippen molar-refractivity contribution < 1.29 is 4.79 Å². The van der Waals surface area contributed by atoms with Crippen molar-refractivity contribution in [1.29, 1.82) is 0 Å². The van der Waals surface area contributed by atoms with Crippen LogP contribution in [0.2, 0.25) is 0 Å². The fourth-order valence-electron chi connectivity index (χ4n) is 2.72. The molecule has 3 rings (SSSR count). The lowest BCUT2D eigenvalue weighted by Gasteiger charge is -2.12. The van der Waals surface area contributed by atoms with Gasteiger partial charge >= 0.3 is 0 Å². The zero-order valence-corrected chi connectivity index (χ0v) is 15.7. The highest BCUT2D eigenvalue weighted by Gasteiger charge is 2.05. The first-order chi connectivity index (χ1) is 13.0. The van der Waals surface area contributed by atoms with Crippen LogP contribution in [-0.4, -0.2) is 15.9 Å². The van der Waals surface area contributed by atoms with Crippen molar-refractivity contribution in [2.24, 2.45) is 0 Å². The molecule has 3 aromatic rings. The molecule has 3 N–H and O–H groups in total. The number of rotatable bonds is 6. The summed E-state index contributed by atoms with van der Waals surface area (Å²) in [5.41, 5.74) is 4.85. The van der Waals surface area contributed by atoms with E-state index in [1.807, 2.05) is 49.4 Å². The lowest BCUT2D eigenvalue weighted by molar-refractivity contribution is -0.114. The third-order valence-corrected chi connectivity index (χ3v) is 4.01. The van der Waals surface area contributed by atoms with Gasteiger partial charge in [-0.05, 0) is 43.2 Å². The Morgan fingerprint density at radius 2 is 1.74 bits per heavy atom. The second kappa shape index (κ2) is 8.31. The molecule has 138 valence electrons. The Bertz CT molecular complexity index is 955. The highest BCUT2D eigenvalue weighted by molar-refractivity contribution is 5.89. The average molecular weight is 361 g/mol. The van der Waals surface area contributed by atoms with Gasteiger partial charge in [-0.25, -0.2) is 4.98 Å². The molecule has 6 heteroatoms. The van der Waals surface area contributed by atoms with E-state index in [0.717, 1.165) is 22.9 Å². The molecule has 0 saturated carbocycles. The van der Waals surface area contributed by atoms with Gasteiger partial charge in [-0.2, -0.15) is 4.98 Å². The Balaban J connectivity index is 1.73. The van der Waals surface area contributed by atoms with Crippen LogP contribution < -0.4 is 16.0 Å². The molecule has 1 heterocycles. The van der Waals surface area contributed by atoms with Crippen molar-refractivity contribution >= 4 is 29.0 Å². The molecular formula is C21H23N5O. The van der Waals surface area contributed by atoms with Gasteiger partial charge in [-0.15, -0.1) is 0 Å². The maximum absolute atomic E-state index is 11.2. The Morgan fingerprint density at radius 3 is 2.52 bits per heavy atom. The van der Waals surface area contributed by atoms with Crippen molar-refractivity contribution in [2.45, 2.75) is 27.3 Å². The smallest absolute Gasteiger partial charge is 0.229 e. The molecule has 0 unspecified atom stereocenters. The van der Waals surface area contributed by atoms with E-state index in [1.165, 1.54) is 18.1 Å². The lowest BCUT2D eigenvalue weighted by Crippen LogP contribution is -2.07. The summed E-state index contributed by atoms with van der Waals surface area (Å²) >= 11 is 0. The average Bonchev–Trinajstić information content (AvgIpc) is 2.60. The summed E-state index contributed by atoms with van der Waals surface area (Å²) in [6.07, 6.45) is 0. The number of aryl methyl sites for hydroxylation is 2. The normalized spacial score (nSPS) is 10.3. The molecule has 0 aliphatic carbocycles. The maximum Gasteiger partial charge on any atom is 0.229 e. The summed E-state index contributed by atoms with van der Waals surface area (Å²) in [6, 6.07) is 17.6. The summed E-state index contributed by atoms with van der Waals surface area (Å²) in [4.78, 5) is 20.2. The zero-order valence-electron chi connectivity index (χ0n) is 15.7. The Kier molecular flexibility index (Phi) is 5.66. The molecule has 2 aromatic carbocycles. The van der Waals surface area contributed by atoms with E-state index in [0.29, 0.717) is 12.5 Å². The van der Waals surface area contributed by atoms with Crippen LogP contribution >= 0.6 is 0 Å². The fourth-order valence-corrected chi connectivity index (χ4v) is 2.72. The maximum atomic E-state index is 11.2. The van der Waals surface area contributed by atoms with E-state index < -0.39 is 0 Å². The van der Waals surface area contributed by atoms with Gasteiger partial charge in [0.1, 0.15) is 5.82 Å². The van der Waals surface area contributed by atoms with Crippen LogP contribution in [0.5, 0.6) is 0 Å². The van der Waals surface area contributed by atoms with Crippen LogP contribution in [-0.2, 0) is 11.3 Å². The third-order valence-electron chi connectivity index (χ3n) is 4.01. The topological polar surface area (TPSA) is 78.9 Å². The minimum atomic E-state index is -0.110. The number of nitrogens with one attached hydrogen (secondary N) is 3. The van der Waals surface area contributed by atoms with Crippen molar-refractivity contribution in [3.05, 3.63) is 71.4 Å². The number of carbonyl (C=O) groups excluding carboxylic acids is 1. The highest BCUT2D eigenvalue weighted by atomic mass is 16.1. The van der Waals surface area contributed by atoms with Gasteiger partial charge in [0.25, 0.3) is 0 Å². The summed E-state index contributed by atoms with van der Waals surface area (Å²) in [5.74, 6) is 1.15. The van der Waals surface area contributed by atoms with Gasteiger partial charge < -0.3 is 16.0 Å². The van der Waals surface area contributed by atoms with Gasteiger partial charge in [0.15, 0.2) is 0 Å². The SMILES string of the molecule is CC(=O)Nc1cccc(Nc2nc(C)cc(NCc3ccccc3C)n2)c1. The fraction of sp³-hybridized carbons (Fsp3) is 0.190. The summed E-state index contributed by atoms with van der Waals surface area (Å²) in [6.45, 7) is 6.20. The second-order valence-electron chi connectivity index (χ2n) is 6.39. The molecule has 6 nitrogen and oxygen atoms in total. The van der Waals surface area contributed by atoms with E-state index in [1.54, 1.807) is 0 Å².